The van der Waals surface area contributed by atoms with E-state index in [0.29, 0.717) is 12.3 Å². The van der Waals surface area contributed by atoms with Crippen LogP contribution in [0.2, 0.25) is 0 Å². The van der Waals surface area contributed by atoms with Crippen molar-refractivity contribution in [2.75, 3.05) is 0 Å². The number of fused-ring (bicyclic) bond motifs is 3. The number of primary amides is 1. The first-order chi connectivity index (χ1) is 22.0. The molecule has 1 amide bonds. The van der Waals surface area contributed by atoms with E-state index >= 15 is 0 Å². The van der Waals surface area contributed by atoms with Crippen molar-refractivity contribution in [3.8, 4) is 11.1 Å². The zero-order chi connectivity index (χ0) is 30.8. The van der Waals surface area contributed by atoms with E-state index in [1.807, 2.05) is 60.7 Å². The molecule has 1 unspecified atom stereocenters. The molecular weight excluding hydrogens is 558 g/mol. The Hall–Kier alpha value is -4.68. The molecule has 4 aromatic carbocycles. The first-order valence-corrected chi connectivity index (χ1v) is 16.1. The molecule has 2 aliphatic rings. The molecule has 1 aliphatic heterocycles. The molecule has 2 heterocycles. The van der Waals surface area contributed by atoms with Crippen molar-refractivity contribution in [3.63, 3.8) is 0 Å². The maximum atomic E-state index is 13.8. The predicted molar refractivity (Wildman–Crippen MR) is 177 cm³/mol. The largest absolute Gasteiger partial charge is 0.460 e. The van der Waals surface area contributed by atoms with Gasteiger partial charge in [-0.25, -0.2) is 0 Å². The zero-order valence-corrected chi connectivity index (χ0v) is 25.3. The number of ether oxygens (including phenoxy) is 1. The number of amides is 1. The Morgan fingerprint density at radius 3 is 2.13 bits per heavy atom. The van der Waals surface area contributed by atoms with Crippen molar-refractivity contribution in [2.45, 2.75) is 56.7 Å². The Labute approximate surface area is 264 Å². The highest BCUT2D eigenvalue weighted by molar-refractivity contribution is 5.88. The van der Waals surface area contributed by atoms with Gasteiger partial charge >= 0.3 is 5.97 Å². The van der Waals surface area contributed by atoms with Crippen LogP contribution >= 0.6 is 0 Å². The first-order valence-electron chi connectivity index (χ1n) is 16.1. The van der Waals surface area contributed by atoms with Gasteiger partial charge in [-0.1, -0.05) is 103 Å². The van der Waals surface area contributed by atoms with Gasteiger partial charge in [0.05, 0.1) is 18.0 Å². The summed E-state index contributed by atoms with van der Waals surface area (Å²) >= 11 is 0. The smallest absolute Gasteiger partial charge is 0.314 e. The van der Waals surface area contributed by atoms with E-state index < -0.39 is 6.04 Å². The molecule has 1 saturated carbocycles. The number of rotatable bonds is 8. The molecule has 228 valence electrons. The second kappa shape index (κ2) is 12.7. The number of hydrogen-bond acceptors (Lipinski definition) is 4. The minimum Gasteiger partial charge on any atom is -0.460 e. The number of nitrogens with one attached hydrogen (secondary N) is 2. The van der Waals surface area contributed by atoms with Crippen LogP contribution in [0.4, 0.5) is 0 Å². The van der Waals surface area contributed by atoms with Crippen LogP contribution in [0.15, 0.2) is 109 Å². The molecular formula is C39H39N3O3. The third-order valence-corrected chi connectivity index (χ3v) is 9.90. The summed E-state index contributed by atoms with van der Waals surface area (Å²) < 4.78 is 5.97. The van der Waals surface area contributed by atoms with E-state index in [9.17, 15) is 9.59 Å². The number of esters is 1. The average molecular weight is 598 g/mol. The van der Waals surface area contributed by atoms with Gasteiger partial charge in [0.15, 0.2) is 0 Å². The van der Waals surface area contributed by atoms with Gasteiger partial charge < -0.3 is 15.5 Å². The van der Waals surface area contributed by atoms with Crippen LogP contribution in [0, 0.1) is 11.8 Å². The number of benzene rings is 4. The van der Waals surface area contributed by atoms with Crippen molar-refractivity contribution in [3.05, 3.63) is 132 Å². The highest BCUT2D eigenvalue weighted by Gasteiger charge is 2.40. The van der Waals surface area contributed by atoms with E-state index in [0.717, 1.165) is 53.5 Å². The zero-order valence-electron chi connectivity index (χ0n) is 25.3. The lowest BCUT2D eigenvalue weighted by molar-refractivity contribution is -0.148. The van der Waals surface area contributed by atoms with Crippen LogP contribution < -0.4 is 11.1 Å². The number of H-pyrrole nitrogens is 1. The normalized spacial score (nSPS) is 22.0. The molecule has 3 atom stereocenters. The molecule has 5 aromatic rings. The van der Waals surface area contributed by atoms with Gasteiger partial charge in [-0.2, -0.15) is 0 Å². The molecule has 0 bridgehead atoms. The molecule has 1 aromatic heterocycles. The number of aromatic amines is 1. The van der Waals surface area contributed by atoms with Gasteiger partial charge in [-0.15, -0.1) is 0 Å². The fourth-order valence-corrected chi connectivity index (χ4v) is 7.57. The highest BCUT2D eigenvalue weighted by Crippen LogP contribution is 2.45. The summed E-state index contributed by atoms with van der Waals surface area (Å²) in [5, 5.41) is 4.77. The number of nitrogens with two attached hydrogens (primary N) is 1. The van der Waals surface area contributed by atoms with Crippen molar-refractivity contribution < 1.29 is 14.3 Å². The Morgan fingerprint density at radius 1 is 0.778 bits per heavy atom. The van der Waals surface area contributed by atoms with Gasteiger partial charge in [0, 0.05) is 16.6 Å². The molecule has 6 heteroatoms. The summed E-state index contributed by atoms with van der Waals surface area (Å²) in [7, 11) is 0. The topological polar surface area (TPSA) is 97.2 Å². The van der Waals surface area contributed by atoms with Gasteiger partial charge in [-0.3, -0.25) is 14.9 Å². The van der Waals surface area contributed by atoms with E-state index in [-0.39, 0.29) is 36.4 Å². The number of aromatic nitrogens is 1. The van der Waals surface area contributed by atoms with Gasteiger partial charge in [0.25, 0.3) is 0 Å². The van der Waals surface area contributed by atoms with Crippen LogP contribution in [0.1, 0.15) is 60.0 Å². The summed E-state index contributed by atoms with van der Waals surface area (Å²) in [5.74, 6) is -0.357. The maximum Gasteiger partial charge on any atom is 0.314 e. The number of carbonyl (C=O) groups excluding carboxylic acids is 2. The molecule has 7 rings (SSSR count). The molecule has 0 spiro atoms. The van der Waals surface area contributed by atoms with Crippen LogP contribution in [0.25, 0.3) is 22.0 Å². The Morgan fingerprint density at radius 2 is 1.42 bits per heavy atom. The number of para-hydroxylation sites is 1. The van der Waals surface area contributed by atoms with E-state index in [1.54, 1.807) is 0 Å². The van der Waals surface area contributed by atoms with Gasteiger partial charge in [-0.05, 0) is 77.8 Å². The van der Waals surface area contributed by atoms with E-state index in [1.165, 1.54) is 16.6 Å². The lowest BCUT2D eigenvalue weighted by atomic mass is 9.70. The molecule has 4 N–H and O–H groups in total. The Bertz CT molecular complexity index is 1770. The van der Waals surface area contributed by atoms with Crippen molar-refractivity contribution in [1.82, 2.24) is 10.3 Å². The summed E-state index contributed by atoms with van der Waals surface area (Å²) in [6.07, 6.45) is 4.26. The van der Waals surface area contributed by atoms with Gasteiger partial charge in [0.1, 0.15) is 6.61 Å². The summed E-state index contributed by atoms with van der Waals surface area (Å²) in [5.41, 5.74) is 13.6. The molecule has 1 aliphatic carbocycles. The van der Waals surface area contributed by atoms with Crippen molar-refractivity contribution in [1.29, 1.82) is 0 Å². The van der Waals surface area contributed by atoms with Crippen LogP contribution in [-0.4, -0.2) is 22.9 Å². The van der Waals surface area contributed by atoms with Crippen LogP contribution in [-0.2, 0) is 27.4 Å². The fourth-order valence-electron chi connectivity index (χ4n) is 7.57. The predicted octanol–water partition coefficient (Wildman–Crippen LogP) is 7.21. The Balaban J connectivity index is 1.12. The second-order valence-electron chi connectivity index (χ2n) is 12.6. The summed E-state index contributed by atoms with van der Waals surface area (Å²) in [6, 6.07) is 36.5. The van der Waals surface area contributed by atoms with Crippen LogP contribution in [0.5, 0.6) is 0 Å². The fraction of sp³-hybridized carbons (Fsp3) is 0.282. The number of hydrogen-bond donors (Lipinski definition) is 3. The first kappa shape index (κ1) is 29.1. The SMILES string of the molecule is NC(=O)C1Cc2c([nH]c3ccccc23)[C@@H](C2CCC([C@@H](C(=O)OCc3ccccc3)c3ccc(-c4ccccc4)cc3)CC2)N1. The van der Waals surface area contributed by atoms with Crippen LogP contribution in [0.3, 0.4) is 0 Å². The third kappa shape index (κ3) is 6.03. The molecule has 0 saturated heterocycles. The summed E-state index contributed by atoms with van der Waals surface area (Å²) in [6.45, 7) is 0.261. The Kier molecular flexibility index (Phi) is 8.23. The van der Waals surface area contributed by atoms with E-state index in [4.69, 9.17) is 10.5 Å². The van der Waals surface area contributed by atoms with Crippen molar-refractivity contribution >= 4 is 22.8 Å². The second-order valence-corrected chi connectivity index (χ2v) is 12.6. The van der Waals surface area contributed by atoms with Crippen molar-refractivity contribution in [2.24, 2.45) is 17.6 Å². The van der Waals surface area contributed by atoms with E-state index in [2.05, 4.69) is 58.8 Å². The molecule has 6 nitrogen and oxygen atoms in total. The standard InChI is InChI=1S/C39H39N3O3/c40-38(43)34-23-32-31-13-7-8-14-33(31)41-37(32)36(42-34)30-21-19-29(20-22-30)35(39(44)45-24-25-9-3-1-4-10-25)28-17-15-27(16-18-28)26-11-5-2-6-12-26/h1-18,29-30,34-36,41-42H,19-24H2,(H2,40,43)/t29?,30?,34?,35-,36+/m0/s1. The molecule has 45 heavy (non-hydrogen) atoms. The molecule has 0 radical (unpaired) electrons. The summed E-state index contributed by atoms with van der Waals surface area (Å²) in [4.78, 5) is 29.9. The minimum atomic E-state index is -0.400. The third-order valence-electron chi connectivity index (χ3n) is 9.90. The quantitative estimate of drug-likeness (QED) is 0.165. The average Bonchev–Trinajstić information content (AvgIpc) is 3.47. The van der Waals surface area contributed by atoms with Gasteiger partial charge in [0.2, 0.25) is 5.91 Å². The lowest BCUT2D eigenvalue weighted by Gasteiger charge is -2.40. The maximum absolute atomic E-state index is 13.8. The molecule has 1 fully saturated rings. The number of carbonyl (C=O) groups is 2. The monoisotopic (exact) mass is 597 g/mol. The highest BCUT2D eigenvalue weighted by atomic mass is 16.5. The minimum absolute atomic E-state index is 0.00763. The lowest BCUT2D eigenvalue weighted by Crippen LogP contribution is -2.50.